The quantitative estimate of drug-likeness (QED) is 0.882. The zero-order valence-electron chi connectivity index (χ0n) is 13.3. The first-order valence-corrected chi connectivity index (χ1v) is 9.37. The molecule has 0 aliphatic heterocycles. The van der Waals surface area contributed by atoms with Gasteiger partial charge in [-0.25, -0.2) is 8.42 Å². The van der Waals surface area contributed by atoms with Crippen molar-refractivity contribution in [3.8, 4) is 11.3 Å². The van der Waals surface area contributed by atoms with E-state index in [4.69, 9.17) is 5.73 Å². The highest BCUT2D eigenvalue weighted by Crippen LogP contribution is 2.39. The maximum absolute atomic E-state index is 11.7. The number of pyridine rings is 1. The van der Waals surface area contributed by atoms with Crippen LogP contribution in [0.3, 0.4) is 0 Å². The van der Waals surface area contributed by atoms with E-state index in [0.29, 0.717) is 11.6 Å². The summed E-state index contributed by atoms with van der Waals surface area (Å²) in [6.07, 6.45) is 2.89. The third-order valence-electron chi connectivity index (χ3n) is 4.08. The summed E-state index contributed by atoms with van der Waals surface area (Å²) >= 11 is 0. The normalized spacial score (nSPS) is 20.3. The van der Waals surface area contributed by atoms with Gasteiger partial charge in [0.2, 0.25) is 10.0 Å². The molecule has 0 amide bonds. The first kappa shape index (κ1) is 16.0. The van der Waals surface area contributed by atoms with Crippen molar-refractivity contribution in [3.63, 3.8) is 0 Å². The molecule has 0 bridgehead atoms. The molecule has 3 rings (SSSR count). The van der Waals surface area contributed by atoms with Crippen LogP contribution in [0, 0.1) is 6.92 Å². The van der Waals surface area contributed by atoms with Crippen LogP contribution in [0.15, 0.2) is 36.5 Å². The summed E-state index contributed by atoms with van der Waals surface area (Å²) in [5, 5.41) is 0. The molecular formula is C17H21N3O2S. The van der Waals surface area contributed by atoms with Crippen molar-refractivity contribution in [1.82, 2.24) is 4.98 Å². The highest BCUT2D eigenvalue weighted by atomic mass is 32.2. The van der Waals surface area contributed by atoms with E-state index in [1.807, 2.05) is 37.4 Å². The third kappa shape index (κ3) is 3.71. The number of benzene rings is 1. The lowest BCUT2D eigenvalue weighted by atomic mass is 10.1. The Hall–Kier alpha value is -1.92. The number of nitrogens with one attached hydrogen (secondary N) is 1. The Morgan fingerprint density at radius 2 is 2.04 bits per heavy atom. The second kappa shape index (κ2) is 5.94. The SMILES string of the molecule is CCS(=O)(=O)Nc1cc(C)cc(-c2ccc([C@H]3C[C@@H]3N)cn2)c1. The Morgan fingerprint density at radius 3 is 2.61 bits per heavy atom. The number of nitrogens with two attached hydrogens (primary N) is 1. The van der Waals surface area contributed by atoms with E-state index in [-0.39, 0.29) is 11.8 Å². The molecule has 2 aromatic rings. The summed E-state index contributed by atoms with van der Waals surface area (Å²) in [6, 6.07) is 9.90. The highest BCUT2D eigenvalue weighted by molar-refractivity contribution is 7.92. The summed E-state index contributed by atoms with van der Waals surface area (Å²) in [7, 11) is -3.29. The molecule has 0 radical (unpaired) electrons. The molecule has 0 unspecified atom stereocenters. The molecular weight excluding hydrogens is 310 g/mol. The fourth-order valence-corrected chi connectivity index (χ4v) is 3.26. The van der Waals surface area contributed by atoms with Crippen LogP contribution in [0.5, 0.6) is 0 Å². The van der Waals surface area contributed by atoms with Gasteiger partial charge in [-0.15, -0.1) is 0 Å². The van der Waals surface area contributed by atoms with Gasteiger partial charge in [0.25, 0.3) is 0 Å². The standard InChI is InChI=1S/C17H21N3O2S/c1-3-23(21,22)20-14-7-11(2)6-13(8-14)17-5-4-12(10-19-17)15-9-16(15)18/h4-8,10,15-16,20H,3,9,18H2,1-2H3/t15-,16+/m1/s1. The lowest BCUT2D eigenvalue weighted by Crippen LogP contribution is -2.14. The topological polar surface area (TPSA) is 85.1 Å². The van der Waals surface area contributed by atoms with Gasteiger partial charge >= 0.3 is 0 Å². The van der Waals surface area contributed by atoms with Crippen LogP contribution in [-0.2, 0) is 10.0 Å². The monoisotopic (exact) mass is 331 g/mol. The Bertz CT molecular complexity index is 816. The molecule has 0 saturated heterocycles. The predicted octanol–water partition coefficient (Wildman–Crippen LogP) is 2.63. The Morgan fingerprint density at radius 1 is 1.30 bits per heavy atom. The second-order valence-electron chi connectivity index (χ2n) is 6.08. The van der Waals surface area contributed by atoms with Gasteiger partial charge in [-0.3, -0.25) is 9.71 Å². The Kier molecular flexibility index (Phi) is 4.12. The molecule has 1 aromatic heterocycles. The minimum absolute atomic E-state index is 0.0465. The van der Waals surface area contributed by atoms with Gasteiger partial charge in [-0.1, -0.05) is 6.07 Å². The molecule has 1 aliphatic rings. The molecule has 23 heavy (non-hydrogen) atoms. The average molecular weight is 331 g/mol. The van der Waals surface area contributed by atoms with Crippen molar-refractivity contribution in [3.05, 3.63) is 47.7 Å². The maximum atomic E-state index is 11.7. The van der Waals surface area contributed by atoms with Gasteiger partial charge in [0.15, 0.2) is 0 Å². The summed E-state index contributed by atoms with van der Waals surface area (Å²) in [5.74, 6) is 0.478. The van der Waals surface area contributed by atoms with Crippen molar-refractivity contribution in [2.24, 2.45) is 5.73 Å². The number of sulfonamides is 1. The first-order valence-electron chi connectivity index (χ1n) is 7.72. The molecule has 1 heterocycles. The van der Waals surface area contributed by atoms with E-state index >= 15 is 0 Å². The van der Waals surface area contributed by atoms with E-state index in [9.17, 15) is 8.42 Å². The third-order valence-corrected chi connectivity index (χ3v) is 5.39. The number of aryl methyl sites for hydroxylation is 1. The molecule has 1 saturated carbocycles. The second-order valence-corrected chi connectivity index (χ2v) is 8.09. The lowest BCUT2D eigenvalue weighted by Gasteiger charge is -2.10. The van der Waals surface area contributed by atoms with Gasteiger partial charge in [0, 0.05) is 29.4 Å². The fraction of sp³-hybridized carbons (Fsp3) is 0.353. The van der Waals surface area contributed by atoms with E-state index in [2.05, 4.69) is 15.8 Å². The van der Waals surface area contributed by atoms with Gasteiger partial charge in [0.05, 0.1) is 11.4 Å². The van der Waals surface area contributed by atoms with Gasteiger partial charge in [-0.05, 0) is 55.7 Å². The molecule has 122 valence electrons. The largest absolute Gasteiger partial charge is 0.327 e. The Balaban J connectivity index is 1.88. The minimum atomic E-state index is -3.29. The van der Waals surface area contributed by atoms with Crippen molar-refractivity contribution in [1.29, 1.82) is 0 Å². The van der Waals surface area contributed by atoms with Crippen molar-refractivity contribution in [2.75, 3.05) is 10.5 Å². The van der Waals surface area contributed by atoms with Crippen molar-refractivity contribution >= 4 is 15.7 Å². The first-order chi connectivity index (χ1) is 10.9. The van der Waals surface area contributed by atoms with Crippen LogP contribution in [0.1, 0.15) is 30.4 Å². The molecule has 2 atom stereocenters. The van der Waals surface area contributed by atoms with Crippen LogP contribution in [0.4, 0.5) is 5.69 Å². The fourth-order valence-electron chi connectivity index (χ4n) is 2.63. The average Bonchev–Trinajstić information content (AvgIpc) is 3.23. The summed E-state index contributed by atoms with van der Waals surface area (Å²) in [6.45, 7) is 3.55. The van der Waals surface area contributed by atoms with Crippen LogP contribution >= 0.6 is 0 Å². The molecule has 1 aliphatic carbocycles. The number of aromatic nitrogens is 1. The number of hydrogen-bond donors (Lipinski definition) is 2. The zero-order chi connectivity index (χ0) is 16.6. The van der Waals surface area contributed by atoms with E-state index in [1.54, 1.807) is 6.92 Å². The maximum Gasteiger partial charge on any atom is 0.232 e. The molecule has 1 aromatic carbocycles. The number of anilines is 1. The molecule has 3 N–H and O–H groups in total. The number of hydrogen-bond acceptors (Lipinski definition) is 4. The van der Waals surface area contributed by atoms with Gasteiger partial charge in [-0.2, -0.15) is 0 Å². The lowest BCUT2D eigenvalue weighted by molar-refractivity contribution is 0.602. The molecule has 0 spiro atoms. The number of nitrogens with zero attached hydrogens (tertiary/aromatic N) is 1. The van der Waals surface area contributed by atoms with Crippen LogP contribution in [0.2, 0.25) is 0 Å². The van der Waals surface area contributed by atoms with Gasteiger partial charge in [0.1, 0.15) is 0 Å². The molecule has 6 heteroatoms. The van der Waals surface area contributed by atoms with Gasteiger partial charge < -0.3 is 5.73 Å². The van der Waals surface area contributed by atoms with Crippen molar-refractivity contribution < 1.29 is 8.42 Å². The van der Waals surface area contributed by atoms with E-state index in [1.165, 1.54) is 5.56 Å². The summed E-state index contributed by atoms with van der Waals surface area (Å²) in [5.41, 5.74) is 10.3. The van der Waals surface area contributed by atoms with E-state index in [0.717, 1.165) is 23.2 Å². The molecule has 5 nitrogen and oxygen atoms in total. The van der Waals surface area contributed by atoms with Crippen molar-refractivity contribution in [2.45, 2.75) is 32.2 Å². The Labute approximate surface area is 137 Å². The summed E-state index contributed by atoms with van der Waals surface area (Å²) in [4.78, 5) is 4.51. The predicted molar refractivity (Wildman–Crippen MR) is 92.8 cm³/mol. The highest BCUT2D eigenvalue weighted by Gasteiger charge is 2.34. The molecule has 1 fully saturated rings. The summed E-state index contributed by atoms with van der Waals surface area (Å²) < 4.78 is 26.1. The van der Waals surface area contributed by atoms with Crippen LogP contribution in [-0.4, -0.2) is 25.2 Å². The van der Waals surface area contributed by atoms with E-state index < -0.39 is 10.0 Å². The van der Waals surface area contributed by atoms with Crippen LogP contribution < -0.4 is 10.5 Å². The minimum Gasteiger partial charge on any atom is -0.327 e. The number of rotatable bonds is 5. The van der Waals surface area contributed by atoms with Crippen LogP contribution in [0.25, 0.3) is 11.3 Å². The smallest absolute Gasteiger partial charge is 0.232 e. The zero-order valence-corrected chi connectivity index (χ0v) is 14.1.